The van der Waals surface area contributed by atoms with Crippen molar-refractivity contribution in [2.75, 3.05) is 19.5 Å². The Morgan fingerprint density at radius 3 is 2.19 bits per heavy atom. The minimum absolute atomic E-state index is 0.138. The summed E-state index contributed by atoms with van der Waals surface area (Å²) < 4.78 is 4.62. The number of aliphatic hydroxyl groups is 1. The van der Waals surface area contributed by atoms with Crippen LogP contribution in [-0.2, 0) is 14.3 Å². The molecule has 0 aliphatic carbocycles. The van der Waals surface area contributed by atoms with E-state index in [9.17, 15) is 9.59 Å². The number of esters is 1. The topological polar surface area (TPSA) is 63.6 Å². The van der Waals surface area contributed by atoms with Crippen molar-refractivity contribution >= 4 is 23.5 Å². The Morgan fingerprint density at radius 2 is 1.54 bits per heavy atom. The summed E-state index contributed by atoms with van der Waals surface area (Å²) in [6, 6.07) is 0. The van der Waals surface area contributed by atoms with Gasteiger partial charge in [0.15, 0.2) is 0 Å². The van der Waals surface area contributed by atoms with Crippen LogP contribution in [0.25, 0.3) is 0 Å². The second-order valence-electron chi connectivity index (χ2n) is 7.01. The largest absolute Gasteiger partial charge is 0.469 e. The van der Waals surface area contributed by atoms with Crippen LogP contribution in [-0.4, -0.2) is 41.6 Å². The zero-order chi connectivity index (χ0) is 19.5. The van der Waals surface area contributed by atoms with Crippen molar-refractivity contribution in [2.45, 2.75) is 102 Å². The summed E-state index contributed by atoms with van der Waals surface area (Å²) in [5.41, 5.74) is 0. The Labute approximate surface area is 164 Å². The summed E-state index contributed by atoms with van der Waals surface area (Å²) in [5, 5.41) is 9.42. The highest BCUT2D eigenvalue weighted by atomic mass is 32.2. The Balaban J connectivity index is 3.78. The third-order valence-corrected chi connectivity index (χ3v) is 5.89. The van der Waals surface area contributed by atoms with Crippen molar-refractivity contribution in [2.24, 2.45) is 0 Å². The Kier molecular flexibility index (Phi) is 18.8. The zero-order valence-electron chi connectivity index (χ0n) is 17.0. The van der Waals surface area contributed by atoms with E-state index in [4.69, 9.17) is 5.11 Å². The van der Waals surface area contributed by atoms with Crippen molar-refractivity contribution < 1.29 is 19.4 Å². The first-order valence-electron chi connectivity index (χ1n) is 10.4. The maximum atomic E-state index is 12.2. The lowest BCUT2D eigenvalue weighted by molar-refractivity contribution is -0.140. The maximum absolute atomic E-state index is 12.2. The lowest BCUT2D eigenvalue weighted by Gasteiger charge is -2.15. The van der Waals surface area contributed by atoms with Gasteiger partial charge in [-0.2, -0.15) is 11.8 Å². The number of ketones is 1. The van der Waals surface area contributed by atoms with Gasteiger partial charge in [0.05, 0.1) is 13.7 Å². The molecule has 0 aromatic heterocycles. The molecule has 0 rings (SSSR count). The third-order valence-electron chi connectivity index (χ3n) is 4.59. The monoisotopic (exact) mass is 388 g/mol. The molecule has 1 unspecified atom stereocenters. The number of carbonyl (C=O) groups excluding carboxylic acids is 2. The van der Waals surface area contributed by atoms with E-state index in [1.165, 1.54) is 39.2 Å². The predicted molar refractivity (Wildman–Crippen MR) is 111 cm³/mol. The quantitative estimate of drug-likeness (QED) is 0.240. The molecule has 0 saturated heterocycles. The molecule has 5 heteroatoms. The highest BCUT2D eigenvalue weighted by molar-refractivity contribution is 7.99. The number of carbonyl (C=O) groups is 2. The lowest BCUT2D eigenvalue weighted by Crippen LogP contribution is -2.12. The molecule has 154 valence electrons. The smallest absolute Gasteiger partial charge is 0.305 e. The standard InChI is InChI=1S/C21H40O4S/c1-3-4-5-7-11-14-20(26-17-16-22)18-19(23)13-10-8-6-9-12-15-21(24)25-2/h20,22H,3-18H2,1-2H3. The number of ether oxygens (including phenoxy) is 1. The van der Waals surface area contributed by atoms with Crippen LogP contribution in [0, 0.1) is 0 Å². The van der Waals surface area contributed by atoms with Gasteiger partial charge in [-0.3, -0.25) is 9.59 Å². The molecule has 0 amide bonds. The molecule has 0 fully saturated rings. The van der Waals surface area contributed by atoms with Gasteiger partial charge < -0.3 is 9.84 Å². The average Bonchev–Trinajstić information content (AvgIpc) is 2.64. The molecule has 0 aliphatic rings. The van der Waals surface area contributed by atoms with Crippen molar-refractivity contribution in [1.29, 1.82) is 0 Å². The van der Waals surface area contributed by atoms with Crippen LogP contribution in [0.4, 0.5) is 0 Å². The molecule has 0 saturated carbocycles. The van der Waals surface area contributed by atoms with Crippen LogP contribution in [0.3, 0.4) is 0 Å². The van der Waals surface area contributed by atoms with Gasteiger partial charge in [-0.05, 0) is 19.3 Å². The molecule has 0 aliphatic heterocycles. The van der Waals surface area contributed by atoms with E-state index in [1.807, 2.05) is 0 Å². The van der Waals surface area contributed by atoms with E-state index < -0.39 is 0 Å². The van der Waals surface area contributed by atoms with Gasteiger partial charge in [-0.15, -0.1) is 0 Å². The minimum atomic E-state index is -0.138. The summed E-state index contributed by atoms with van der Waals surface area (Å²) in [5.74, 6) is 0.956. The molecule has 1 N–H and O–H groups in total. The number of aliphatic hydroxyl groups excluding tert-OH is 1. The molecule has 0 heterocycles. The number of hydrogen-bond donors (Lipinski definition) is 1. The molecule has 1 atom stereocenters. The summed E-state index contributed by atoms with van der Waals surface area (Å²) in [7, 11) is 1.42. The van der Waals surface area contributed by atoms with Crippen LogP contribution in [0.15, 0.2) is 0 Å². The van der Waals surface area contributed by atoms with Gasteiger partial charge in [0, 0.05) is 30.3 Å². The van der Waals surface area contributed by atoms with Crippen LogP contribution in [0.1, 0.15) is 96.8 Å². The number of hydrogen-bond acceptors (Lipinski definition) is 5. The highest BCUT2D eigenvalue weighted by Gasteiger charge is 2.14. The third kappa shape index (κ3) is 16.9. The van der Waals surface area contributed by atoms with E-state index in [0.717, 1.165) is 44.3 Å². The second-order valence-corrected chi connectivity index (χ2v) is 8.41. The minimum Gasteiger partial charge on any atom is -0.469 e. The predicted octanol–water partition coefficient (Wildman–Crippen LogP) is 5.30. The van der Waals surface area contributed by atoms with Gasteiger partial charge in [0.2, 0.25) is 0 Å². The molecule has 4 nitrogen and oxygen atoms in total. The van der Waals surface area contributed by atoms with Crippen molar-refractivity contribution in [3.63, 3.8) is 0 Å². The Morgan fingerprint density at radius 1 is 0.923 bits per heavy atom. The molecular weight excluding hydrogens is 348 g/mol. The zero-order valence-corrected chi connectivity index (χ0v) is 17.8. The van der Waals surface area contributed by atoms with Gasteiger partial charge in [-0.1, -0.05) is 58.3 Å². The van der Waals surface area contributed by atoms with Crippen LogP contribution in [0.5, 0.6) is 0 Å². The van der Waals surface area contributed by atoms with Crippen molar-refractivity contribution in [3.05, 3.63) is 0 Å². The Bertz CT molecular complexity index is 347. The van der Waals surface area contributed by atoms with E-state index in [2.05, 4.69) is 11.7 Å². The first kappa shape index (κ1) is 25.4. The molecule has 0 radical (unpaired) electrons. The molecule has 0 aromatic carbocycles. The summed E-state index contributed by atoms with van der Waals surface area (Å²) >= 11 is 1.75. The number of rotatable bonds is 19. The first-order valence-corrected chi connectivity index (χ1v) is 11.5. The maximum Gasteiger partial charge on any atom is 0.305 e. The van der Waals surface area contributed by atoms with Gasteiger partial charge in [0.25, 0.3) is 0 Å². The van der Waals surface area contributed by atoms with E-state index in [-0.39, 0.29) is 12.6 Å². The average molecular weight is 389 g/mol. The second kappa shape index (κ2) is 19.2. The fourth-order valence-corrected chi connectivity index (χ4v) is 4.09. The van der Waals surface area contributed by atoms with Crippen LogP contribution >= 0.6 is 11.8 Å². The van der Waals surface area contributed by atoms with E-state index in [0.29, 0.717) is 30.3 Å². The summed E-state index contributed by atoms with van der Waals surface area (Å²) in [6.45, 7) is 2.41. The number of thioether (sulfide) groups is 1. The van der Waals surface area contributed by atoms with E-state index >= 15 is 0 Å². The molecule has 0 bridgehead atoms. The van der Waals surface area contributed by atoms with Crippen molar-refractivity contribution in [3.8, 4) is 0 Å². The van der Waals surface area contributed by atoms with E-state index in [1.54, 1.807) is 11.8 Å². The number of Topliss-reactive ketones (excluding diaryl/α,β-unsaturated/α-hetero) is 1. The van der Waals surface area contributed by atoms with Crippen LogP contribution in [0.2, 0.25) is 0 Å². The van der Waals surface area contributed by atoms with Crippen LogP contribution < -0.4 is 0 Å². The number of methoxy groups -OCH3 is 1. The number of unbranched alkanes of at least 4 members (excludes halogenated alkanes) is 8. The van der Waals surface area contributed by atoms with Gasteiger partial charge >= 0.3 is 5.97 Å². The van der Waals surface area contributed by atoms with Crippen molar-refractivity contribution in [1.82, 2.24) is 0 Å². The Hall–Kier alpha value is -0.550. The fraction of sp³-hybridized carbons (Fsp3) is 0.905. The van der Waals surface area contributed by atoms with Gasteiger partial charge in [-0.25, -0.2) is 0 Å². The summed E-state index contributed by atoms with van der Waals surface area (Å²) in [4.78, 5) is 23.2. The van der Waals surface area contributed by atoms with Gasteiger partial charge in [0.1, 0.15) is 5.78 Å². The molecule has 0 aromatic rings. The first-order chi connectivity index (χ1) is 12.6. The highest BCUT2D eigenvalue weighted by Crippen LogP contribution is 2.23. The lowest BCUT2D eigenvalue weighted by atomic mass is 10.0. The molecule has 0 spiro atoms. The summed E-state index contributed by atoms with van der Waals surface area (Å²) in [6.07, 6.45) is 14.2. The SMILES string of the molecule is CCCCCCCC(CC(=O)CCCCCCCC(=O)OC)SCCO. The fourth-order valence-electron chi connectivity index (χ4n) is 3.02. The molecular formula is C21H40O4S. The molecule has 26 heavy (non-hydrogen) atoms. The normalized spacial score (nSPS) is 12.1.